The van der Waals surface area contributed by atoms with Gasteiger partial charge in [0.05, 0.1) is 0 Å². The maximum absolute atomic E-state index is 5.82. The van der Waals surface area contributed by atoms with Crippen molar-refractivity contribution < 1.29 is 0 Å². The second-order valence-electron chi connectivity index (χ2n) is 3.09. The van der Waals surface area contributed by atoms with E-state index in [1.54, 1.807) is 6.08 Å². The Bertz CT molecular complexity index is 428. The van der Waals surface area contributed by atoms with Crippen LogP contribution < -0.4 is 5.73 Å². The van der Waals surface area contributed by atoms with Crippen molar-refractivity contribution in [1.29, 1.82) is 0 Å². The molecule has 0 aliphatic rings. The molecule has 1 aromatic heterocycles. The van der Waals surface area contributed by atoms with Gasteiger partial charge in [-0.2, -0.15) is 0 Å². The first-order chi connectivity index (χ1) is 6.31. The second-order valence-corrected chi connectivity index (χ2v) is 3.09. The van der Waals surface area contributed by atoms with Gasteiger partial charge in [0.25, 0.3) is 0 Å². The zero-order valence-electron chi connectivity index (χ0n) is 7.33. The van der Waals surface area contributed by atoms with Gasteiger partial charge in [-0.15, -0.1) is 6.58 Å². The minimum absolute atomic E-state index is 0.0762. The molecule has 13 heavy (non-hydrogen) atoms. The third-order valence-corrected chi connectivity index (χ3v) is 2.22. The Morgan fingerprint density at radius 1 is 1.38 bits per heavy atom. The fraction of sp³-hybridized carbons (Fsp3) is 0.0909. The van der Waals surface area contributed by atoms with Gasteiger partial charge in [-0.1, -0.05) is 18.2 Å². The SMILES string of the molecule is C=C[C@H](N)c1ccc2cc[nH]c2c1. The van der Waals surface area contributed by atoms with E-state index in [0.717, 1.165) is 11.1 Å². The van der Waals surface area contributed by atoms with Crippen LogP contribution in [0.25, 0.3) is 10.9 Å². The van der Waals surface area contributed by atoms with Crippen LogP contribution >= 0.6 is 0 Å². The molecule has 2 nitrogen and oxygen atoms in total. The Labute approximate surface area is 77.1 Å². The summed E-state index contributed by atoms with van der Waals surface area (Å²) in [6.45, 7) is 3.67. The fourth-order valence-corrected chi connectivity index (χ4v) is 1.41. The van der Waals surface area contributed by atoms with Crippen LogP contribution in [0.1, 0.15) is 11.6 Å². The summed E-state index contributed by atoms with van der Waals surface area (Å²) in [6, 6.07) is 8.11. The lowest BCUT2D eigenvalue weighted by Gasteiger charge is -2.05. The van der Waals surface area contributed by atoms with Crippen molar-refractivity contribution in [2.45, 2.75) is 6.04 Å². The Morgan fingerprint density at radius 3 is 3.00 bits per heavy atom. The van der Waals surface area contributed by atoms with E-state index in [2.05, 4.69) is 23.7 Å². The molecule has 3 N–H and O–H groups in total. The van der Waals surface area contributed by atoms with Gasteiger partial charge >= 0.3 is 0 Å². The Morgan fingerprint density at radius 2 is 2.23 bits per heavy atom. The van der Waals surface area contributed by atoms with E-state index in [-0.39, 0.29) is 6.04 Å². The molecule has 0 aliphatic carbocycles. The van der Waals surface area contributed by atoms with Crippen LogP contribution in [0.2, 0.25) is 0 Å². The molecule has 1 aromatic carbocycles. The molecule has 1 atom stereocenters. The molecule has 0 bridgehead atoms. The van der Waals surface area contributed by atoms with E-state index < -0.39 is 0 Å². The molecule has 0 spiro atoms. The largest absolute Gasteiger partial charge is 0.361 e. The summed E-state index contributed by atoms with van der Waals surface area (Å²) in [4.78, 5) is 3.15. The lowest BCUT2D eigenvalue weighted by atomic mass is 10.1. The number of rotatable bonds is 2. The van der Waals surface area contributed by atoms with Gasteiger partial charge in [0.15, 0.2) is 0 Å². The van der Waals surface area contributed by atoms with E-state index >= 15 is 0 Å². The van der Waals surface area contributed by atoms with Gasteiger partial charge in [-0.25, -0.2) is 0 Å². The predicted octanol–water partition coefficient (Wildman–Crippen LogP) is 2.35. The Kier molecular flexibility index (Phi) is 1.91. The van der Waals surface area contributed by atoms with E-state index in [0.29, 0.717) is 0 Å². The first-order valence-corrected chi connectivity index (χ1v) is 4.26. The summed E-state index contributed by atoms with van der Waals surface area (Å²) in [5, 5.41) is 1.21. The maximum Gasteiger partial charge on any atom is 0.0479 e. The van der Waals surface area contributed by atoms with Crippen molar-refractivity contribution in [3.63, 3.8) is 0 Å². The summed E-state index contributed by atoms with van der Waals surface area (Å²) in [5.74, 6) is 0. The zero-order valence-corrected chi connectivity index (χ0v) is 7.33. The summed E-state index contributed by atoms with van der Waals surface area (Å²) in [6.07, 6.45) is 3.66. The lowest BCUT2D eigenvalue weighted by molar-refractivity contribution is 0.916. The molecule has 2 heteroatoms. The summed E-state index contributed by atoms with van der Waals surface area (Å²) >= 11 is 0. The standard InChI is InChI=1S/C11H12N2/c1-2-10(12)9-4-3-8-5-6-13-11(8)7-9/h2-7,10,13H,1,12H2/t10-/m0/s1. The van der Waals surface area contributed by atoms with Gasteiger partial charge < -0.3 is 10.7 Å². The van der Waals surface area contributed by atoms with Crippen LogP contribution in [0, 0.1) is 0 Å². The average molecular weight is 172 g/mol. The quantitative estimate of drug-likeness (QED) is 0.671. The van der Waals surface area contributed by atoms with Crippen LogP contribution in [0.4, 0.5) is 0 Å². The van der Waals surface area contributed by atoms with Gasteiger partial charge in [0.2, 0.25) is 0 Å². The molecular weight excluding hydrogens is 160 g/mol. The molecule has 0 saturated heterocycles. The number of aromatic amines is 1. The number of hydrogen-bond donors (Lipinski definition) is 2. The van der Waals surface area contributed by atoms with Crippen molar-refractivity contribution in [2.24, 2.45) is 5.73 Å². The lowest BCUT2D eigenvalue weighted by Crippen LogP contribution is -2.05. The van der Waals surface area contributed by atoms with Crippen LogP contribution in [0.5, 0.6) is 0 Å². The molecule has 2 aromatic rings. The Hall–Kier alpha value is -1.54. The number of nitrogens with one attached hydrogen (secondary N) is 1. The summed E-state index contributed by atoms with van der Waals surface area (Å²) in [5.41, 5.74) is 8.03. The number of nitrogens with two attached hydrogens (primary N) is 1. The molecule has 0 radical (unpaired) electrons. The molecule has 0 fully saturated rings. The van der Waals surface area contributed by atoms with E-state index in [1.807, 2.05) is 18.3 Å². The predicted molar refractivity (Wildman–Crippen MR) is 55.4 cm³/mol. The molecule has 1 heterocycles. The van der Waals surface area contributed by atoms with Gasteiger partial charge in [-0.05, 0) is 23.1 Å². The highest BCUT2D eigenvalue weighted by atomic mass is 14.7. The smallest absolute Gasteiger partial charge is 0.0479 e. The van der Waals surface area contributed by atoms with Gasteiger partial charge in [-0.3, -0.25) is 0 Å². The number of hydrogen-bond acceptors (Lipinski definition) is 1. The van der Waals surface area contributed by atoms with E-state index in [1.165, 1.54) is 5.39 Å². The molecular formula is C11H12N2. The third kappa shape index (κ3) is 1.36. The molecule has 0 unspecified atom stereocenters. The average Bonchev–Trinajstić information content (AvgIpc) is 2.63. The number of benzene rings is 1. The van der Waals surface area contributed by atoms with Gasteiger partial charge in [0, 0.05) is 17.8 Å². The number of aromatic nitrogens is 1. The van der Waals surface area contributed by atoms with Crippen molar-refractivity contribution >= 4 is 10.9 Å². The highest BCUT2D eigenvalue weighted by Gasteiger charge is 2.01. The number of H-pyrrole nitrogens is 1. The minimum Gasteiger partial charge on any atom is -0.361 e. The minimum atomic E-state index is -0.0762. The first kappa shape index (κ1) is 8.08. The number of fused-ring (bicyclic) bond motifs is 1. The Balaban J connectivity index is 2.53. The topological polar surface area (TPSA) is 41.8 Å². The summed E-state index contributed by atoms with van der Waals surface area (Å²) < 4.78 is 0. The third-order valence-electron chi connectivity index (χ3n) is 2.22. The molecule has 0 aliphatic heterocycles. The van der Waals surface area contributed by atoms with Crippen LogP contribution in [-0.4, -0.2) is 4.98 Å². The van der Waals surface area contributed by atoms with E-state index in [9.17, 15) is 0 Å². The van der Waals surface area contributed by atoms with Crippen LogP contribution in [0.3, 0.4) is 0 Å². The van der Waals surface area contributed by atoms with Crippen LogP contribution in [0.15, 0.2) is 43.1 Å². The first-order valence-electron chi connectivity index (χ1n) is 4.26. The van der Waals surface area contributed by atoms with Crippen molar-refractivity contribution in [3.05, 3.63) is 48.7 Å². The molecule has 66 valence electrons. The zero-order chi connectivity index (χ0) is 9.26. The van der Waals surface area contributed by atoms with Crippen molar-refractivity contribution in [2.75, 3.05) is 0 Å². The molecule has 0 amide bonds. The van der Waals surface area contributed by atoms with Crippen LogP contribution in [-0.2, 0) is 0 Å². The highest BCUT2D eigenvalue weighted by Crippen LogP contribution is 2.18. The van der Waals surface area contributed by atoms with Crippen molar-refractivity contribution in [3.8, 4) is 0 Å². The molecule has 2 rings (SSSR count). The highest BCUT2D eigenvalue weighted by molar-refractivity contribution is 5.80. The maximum atomic E-state index is 5.82. The molecule has 0 saturated carbocycles. The fourth-order valence-electron chi connectivity index (χ4n) is 1.41. The van der Waals surface area contributed by atoms with E-state index in [4.69, 9.17) is 5.73 Å². The normalized spacial score (nSPS) is 13.0. The monoisotopic (exact) mass is 172 g/mol. The second kappa shape index (κ2) is 3.07. The summed E-state index contributed by atoms with van der Waals surface area (Å²) in [7, 11) is 0. The van der Waals surface area contributed by atoms with Crippen molar-refractivity contribution in [1.82, 2.24) is 4.98 Å². The van der Waals surface area contributed by atoms with Gasteiger partial charge in [0.1, 0.15) is 0 Å².